The van der Waals surface area contributed by atoms with Crippen LogP contribution in [0.1, 0.15) is 13.3 Å². The lowest BCUT2D eigenvalue weighted by molar-refractivity contribution is -0.210. The summed E-state index contributed by atoms with van der Waals surface area (Å²) in [7, 11) is 0. The second-order valence-electron chi connectivity index (χ2n) is 3.76. The Hall–Kier alpha value is -1.01. The zero-order valence-corrected chi connectivity index (χ0v) is 11.7. The van der Waals surface area contributed by atoms with E-state index in [0.29, 0.717) is 11.4 Å². The first-order chi connectivity index (χ1) is 8.92. The normalized spacial score (nSPS) is 13.7. The average Bonchev–Trinajstić information content (AvgIpc) is 2.39. The Balaban J connectivity index is 2.88. The number of carbonyl (C=O) groups excluding carboxylic acids is 1. The highest BCUT2D eigenvalue weighted by atomic mass is 35.5. The van der Waals surface area contributed by atoms with Crippen LogP contribution < -0.4 is 4.74 Å². The second-order valence-corrected chi connectivity index (χ2v) is 4.60. The maximum absolute atomic E-state index is 11.6. The molecule has 7 heteroatoms. The van der Waals surface area contributed by atoms with Crippen LogP contribution in [0.25, 0.3) is 0 Å². The second kappa shape index (κ2) is 6.96. The van der Waals surface area contributed by atoms with Gasteiger partial charge in [-0.2, -0.15) is 0 Å². The van der Waals surface area contributed by atoms with Crippen LogP contribution in [0.4, 0.5) is 0 Å². The van der Waals surface area contributed by atoms with Crippen LogP contribution in [0, 0.1) is 0 Å². The summed E-state index contributed by atoms with van der Waals surface area (Å²) >= 11 is 11.6. The first-order valence-corrected chi connectivity index (χ1v) is 6.33. The van der Waals surface area contributed by atoms with Gasteiger partial charge >= 0.3 is 11.8 Å². The van der Waals surface area contributed by atoms with Gasteiger partial charge in [0, 0.05) is 5.02 Å². The Bertz CT molecular complexity index is 452. The fourth-order valence-corrected chi connectivity index (χ4v) is 1.63. The zero-order valence-electron chi connectivity index (χ0n) is 10.2. The Morgan fingerprint density at radius 2 is 2.11 bits per heavy atom. The molecule has 0 aromatic heterocycles. The topological polar surface area (TPSA) is 76.0 Å². The molecule has 106 valence electrons. The molecule has 19 heavy (non-hydrogen) atoms. The van der Waals surface area contributed by atoms with E-state index in [1.165, 1.54) is 18.2 Å². The van der Waals surface area contributed by atoms with Crippen molar-refractivity contribution in [2.24, 2.45) is 0 Å². The molecule has 0 aliphatic heterocycles. The predicted molar refractivity (Wildman–Crippen MR) is 70.4 cm³/mol. The summed E-state index contributed by atoms with van der Waals surface area (Å²) in [5.41, 5.74) is 0. The van der Waals surface area contributed by atoms with E-state index < -0.39 is 18.4 Å². The quantitative estimate of drug-likeness (QED) is 0.621. The smallest absolute Gasteiger partial charge is 0.382 e. The minimum Gasteiger partial charge on any atom is -0.461 e. The number of halogens is 2. The van der Waals surface area contributed by atoms with E-state index in [0.717, 1.165) is 0 Å². The molecule has 1 aromatic carbocycles. The minimum absolute atomic E-state index is 0.0102. The molecular formula is C12H14Cl2O5. The van der Waals surface area contributed by atoms with Gasteiger partial charge in [0.15, 0.2) is 0 Å². The lowest BCUT2D eigenvalue weighted by Crippen LogP contribution is -2.49. The molecule has 0 fully saturated rings. The van der Waals surface area contributed by atoms with Gasteiger partial charge in [-0.1, -0.05) is 30.1 Å². The number of aliphatic hydroxyl groups is 2. The van der Waals surface area contributed by atoms with Crippen LogP contribution in [0.3, 0.4) is 0 Å². The number of hydrogen-bond donors (Lipinski definition) is 2. The molecule has 1 rings (SSSR count). The first kappa shape index (κ1) is 16.0. The SMILES string of the molecule is CCCOC(=O)C(O)(CO)Oc1ccc(Cl)cc1Cl. The van der Waals surface area contributed by atoms with Crippen molar-refractivity contribution in [2.45, 2.75) is 19.1 Å². The molecule has 0 bridgehead atoms. The minimum atomic E-state index is -2.49. The Morgan fingerprint density at radius 1 is 1.42 bits per heavy atom. The molecule has 0 saturated carbocycles. The molecule has 5 nitrogen and oxygen atoms in total. The van der Waals surface area contributed by atoms with Gasteiger partial charge < -0.3 is 19.7 Å². The van der Waals surface area contributed by atoms with Gasteiger partial charge in [0.1, 0.15) is 12.4 Å². The number of esters is 1. The van der Waals surface area contributed by atoms with E-state index in [1.54, 1.807) is 6.92 Å². The van der Waals surface area contributed by atoms with Crippen molar-refractivity contribution in [3.05, 3.63) is 28.2 Å². The van der Waals surface area contributed by atoms with Gasteiger partial charge in [0.25, 0.3) is 0 Å². The van der Waals surface area contributed by atoms with Gasteiger partial charge in [-0.25, -0.2) is 4.79 Å². The third-order valence-corrected chi connectivity index (χ3v) is 2.67. The van der Waals surface area contributed by atoms with Crippen molar-refractivity contribution in [1.29, 1.82) is 0 Å². The summed E-state index contributed by atoms with van der Waals surface area (Å²) in [6, 6.07) is 4.23. The van der Waals surface area contributed by atoms with E-state index >= 15 is 0 Å². The monoisotopic (exact) mass is 308 g/mol. The van der Waals surface area contributed by atoms with Gasteiger partial charge in [-0.3, -0.25) is 0 Å². The van der Waals surface area contributed by atoms with Crippen LogP contribution in [-0.2, 0) is 9.53 Å². The van der Waals surface area contributed by atoms with Crippen molar-refractivity contribution < 1.29 is 24.5 Å². The lowest BCUT2D eigenvalue weighted by atomic mass is 10.3. The highest BCUT2D eigenvalue weighted by molar-refractivity contribution is 6.35. The van der Waals surface area contributed by atoms with Gasteiger partial charge in [-0.05, 0) is 24.6 Å². The molecule has 0 aliphatic carbocycles. The van der Waals surface area contributed by atoms with Gasteiger partial charge in [-0.15, -0.1) is 0 Å². The third-order valence-electron chi connectivity index (χ3n) is 2.14. The average molecular weight is 309 g/mol. The fraction of sp³-hybridized carbons (Fsp3) is 0.417. The molecule has 0 radical (unpaired) electrons. The number of carbonyl (C=O) groups is 1. The lowest BCUT2D eigenvalue weighted by Gasteiger charge is -2.25. The summed E-state index contributed by atoms with van der Waals surface area (Å²) in [5, 5.41) is 19.5. The molecule has 1 aromatic rings. The summed E-state index contributed by atoms with van der Waals surface area (Å²) < 4.78 is 9.78. The number of aliphatic hydroxyl groups excluding tert-OH is 1. The first-order valence-electron chi connectivity index (χ1n) is 5.57. The van der Waals surface area contributed by atoms with E-state index in [9.17, 15) is 9.90 Å². The number of rotatable bonds is 6. The van der Waals surface area contributed by atoms with Gasteiger partial charge in [0.2, 0.25) is 0 Å². The van der Waals surface area contributed by atoms with Crippen molar-refractivity contribution >= 4 is 29.2 Å². The zero-order chi connectivity index (χ0) is 14.5. The van der Waals surface area contributed by atoms with Crippen molar-refractivity contribution in [3.63, 3.8) is 0 Å². The molecule has 2 N–H and O–H groups in total. The van der Waals surface area contributed by atoms with Crippen molar-refractivity contribution in [3.8, 4) is 5.75 Å². The highest BCUT2D eigenvalue weighted by Gasteiger charge is 2.40. The summed E-state index contributed by atoms with van der Waals surface area (Å²) in [6.45, 7) is 0.940. The molecule has 1 atom stereocenters. The molecule has 0 heterocycles. The van der Waals surface area contributed by atoms with Crippen molar-refractivity contribution in [2.75, 3.05) is 13.2 Å². The molecule has 1 unspecified atom stereocenters. The Labute approximate surface area is 120 Å². The summed E-state index contributed by atoms with van der Waals surface area (Å²) in [6.07, 6.45) is 0.578. The van der Waals surface area contributed by atoms with Crippen molar-refractivity contribution in [1.82, 2.24) is 0 Å². The largest absolute Gasteiger partial charge is 0.461 e. The maximum atomic E-state index is 11.6. The molecule has 0 amide bonds. The van der Waals surface area contributed by atoms with Crippen LogP contribution >= 0.6 is 23.2 Å². The Morgan fingerprint density at radius 3 is 2.63 bits per heavy atom. The number of ether oxygens (including phenoxy) is 2. The Kier molecular flexibility index (Phi) is 5.87. The van der Waals surface area contributed by atoms with Crippen LogP contribution in [0.15, 0.2) is 18.2 Å². The summed E-state index contributed by atoms with van der Waals surface area (Å²) in [5.74, 6) is -3.56. The van der Waals surface area contributed by atoms with Crippen LogP contribution in [0.2, 0.25) is 10.0 Å². The molecule has 0 saturated heterocycles. The fourth-order valence-electron chi connectivity index (χ4n) is 1.19. The van der Waals surface area contributed by atoms with Crippen LogP contribution in [-0.4, -0.2) is 35.2 Å². The molecule has 0 spiro atoms. The van der Waals surface area contributed by atoms with E-state index in [2.05, 4.69) is 0 Å². The van der Waals surface area contributed by atoms with E-state index in [1.807, 2.05) is 0 Å². The standard InChI is InChI=1S/C12H14Cl2O5/c1-2-5-18-11(16)12(17,7-15)19-10-4-3-8(13)6-9(10)14/h3-4,6,15,17H,2,5,7H2,1H3. The number of hydrogen-bond acceptors (Lipinski definition) is 5. The van der Waals surface area contributed by atoms with E-state index in [-0.39, 0.29) is 17.4 Å². The predicted octanol–water partition coefficient (Wildman–Crippen LogP) is 2.01. The summed E-state index contributed by atoms with van der Waals surface area (Å²) in [4.78, 5) is 11.6. The van der Waals surface area contributed by atoms with Crippen LogP contribution in [0.5, 0.6) is 5.75 Å². The third kappa shape index (κ3) is 4.24. The molecular weight excluding hydrogens is 295 g/mol. The highest BCUT2D eigenvalue weighted by Crippen LogP contribution is 2.30. The van der Waals surface area contributed by atoms with E-state index in [4.69, 9.17) is 37.8 Å². The van der Waals surface area contributed by atoms with Gasteiger partial charge in [0.05, 0.1) is 11.6 Å². The number of benzene rings is 1. The maximum Gasteiger partial charge on any atom is 0.382 e. The molecule has 0 aliphatic rings.